The number of aromatic nitrogens is 1. The first-order valence-electron chi connectivity index (χ1n) is 6.38. The maximum absolute atomic E-state index is 3.80. The molecule has 0 saturated carbocycles. The highest BCUT2D eigenvalue weighted by Gasteiger charge is 2.07. The molecule has 0 saturated heterocycles. The summed E-state index contributed by atoms with van der Waals surface area (Å²) in [5, 5.41) is 2.67. The maximum Gasteiger partial charge on any atom is 0.0488 e. The molecular weight excluding hydrogens is 230 g/mol. The van der Waals surface area contributed by atoms with E-state index >= 15 is 0 Å². The molecule has 0 aliphatic carbocycles. The number of benzene rings is 2. The molecule has 0 bridgehead atoms. The second-order valence-corrected chi connectivity index (χ2v) is 4.42. The fourth-order valence-corrected chi connectivity index (χ4v) is 2.51. The van der Waals surface area contributed by atoms with E-state index in [1.54, 1.807) is 0 Å². The molecule has 0 fully saturated rings. The van der Waals surface area contributed by atoms with E-state index in [0.29, 0.717) is 0 Å². The molecule has 96 valence electrons. The third-order valence-corrected chi connectivity index (χ3v) is 3.36. The van der Waals surface area contributed by atoms with Crippen molar-refractivity contribution in [2.24, 2.45) is 7.05 Å². The molecule has 0 radical (unpaired) electrons. The highest BCUT2D eigenvalue weighted by molar-refractivity contribution is 6.08. The van der Waals surface area contributed by atoms with Crippen molar-refractivity contribution in [3.05, 3.63) is 73.8 Å². The van der Waals surface area contributed by atoms with Gasteiger partial charge in [-0.1, -0.05) is 30.3 Å². The second kappa shape index (κ2) is 5.57. The minimum absolute atomic E-state index is 0.930. The van der Waals surface area contributed by atoms with Crippen molar-refractivity contribution < 1.29 is 0 Å². The molecule has 0 spiro atoms. The quantitative estimate of drug-likeness (QED) is 0.571. The van der Waals surface area contributed by atoms with Crippen molar-refractivity contribution in [3.8, 4) is 0 Å². The first-order chi connectivity index (χ1) is 9.31. The van der Waals surface area contributed by atoms with E-state index < -0.39 is 0 Å². The van der Waals surface area contributed by atoms with E-state index in [0.717, 1.165) is 6.42 Å². The van der Waals surface area contributed by atoms with E-state index in [1.165, 1.54) is 27.4 Å². The first-order valence-corrected chi connectivity index (χ1v) is 6.38. The number of allylic oxidation sites excluding steroid dienone is 1. The van der Waals surface area contributed by atoms with Crippen LogP contribution >= 0.6 is 0 Å². The van der Waals surface area contributed by atoms with Crippen LogP contribution in [0.1, 0.15) is 5.56 Å². The molecule has 0 aliphatic rings. The summed E-state index contributed by atoms with van der Waals surface area (Å²) in [6.07, 6.45) is 2.88. The summed E-state index contributed by atoms with van der Waals surface area (Å²) in [5.74, 6) is 0. The molecule has 3 aromatic rings. The predicted molar refractivity (Wildman–Crippen MR) is 85.6 cm³/mol. The van der Waals surface area contributed by atoms with Crippen LogP contribution in [0, 0.1) is 0 Å². The van der Waals surface area contributed by atoms with Gasteiger partial charge in [0.05, 0.1) is 0 Å². The molecular formula is C18H19N. The van der Waals surface area contributed by atoms with Crippen molar-refractivity contribution in [2.45, 2.75) is 6.42 Å². The number of rotatable bonds is 2. The lowest BCUT2D eigenvalue weighted by Crippen LogP contribution is -1.86. The van der Waals surface area contributed by atoms with Gasteiger partial charge in [-0.25, -0.2) is 0 Å². The Hall–Kier alpha value is -2.28. The number of hydrogen-bond donors (Lipinski definition) is 0. The molecule has 1 heterocycles. The Kier molecular flexibility index (Phi) is 3.86. The van der Waals surface area contributed by atoms with E-state index in [1.807, 2.05) is 6.08 Å². The lowest BCUT2D eigenvalue weighted by atomic mass is 10.1. The van der Waals surface area contributed by atoms with Crippen LogP contribution in [0.3, 0.4) is 0 Å². The van der Waals surface area contributed by atoms with Crippen molar-refractivity contribution in [1.29, 1.82) is 0 Å². The first kappa shape index (κ1) is 13.2. The largest absolute Gasteiger partial charge is 0.344 e. The SMILES string of the molecule is C=C.C=CCc1ccc2c(c1)c1ccccc1n2C. The van der Waals surface area contributed by atoms with E-state index in [2.05, 4.69) is 73.8 Å². The molecule has 0 amide bonds. The third-order valence-electron chi connectivity index (χ3n) is 3.36. The lowest BCUT2D eigenvalue weighted by molar-refractivity contribution is 1.01. The van der Waals surface area contributed by atoms with Crippen LogP contribution < -0.4 is 0 Å². The Morgan fingerprint density at radius 2 is 1.68 bits per heavy atom. The molecule has 0 atom stereocenters. The smallest absolute Gasteiger partial charge is 0.0488 e. The molecule has 2 aromatic carbocycles. The Morgan fingerprint density at radius 1 is 1.00 bits per heavy atom. The number of hydrogen-bond acceptors (Lipinski definition) is 0. The number of nitrogens with zero attached hydrogens (tertiary/aromatic N) is 1. The fraction of sp³-hybridized carbons (Fsp3) is 0.111. The fourth-order valence-electron chi connectivity index (χ4n) is 2.51. The Balaban J connectivity index is 0.000000637. The highest BCUT2D eigenvalue weighted by atomic mass is 14.9. The molecule has 3 rings (SSSR count). The van der Waals surface area contributed by atoms with Crippen LogP contribution in [0.2, 0.25) is 0 Å². The monoisotopic (exact) mass is 249 g/mol. The van der Waals surface area contributed by atoms with Crippen LogP contribution in [-0.2, 0) is 13.5 Å². The van der Waals surface area contributed by atoms with Crippen LogP contribution in [0.15, 0.2) is 68.3 Å². The van der Waals surface area contributed by atoms with Gasteiger partial charge in [0.15, 0.2) is 0 Å². The van der Waals surface area contributed by atoms with Gasteiger partial charge in [0.1, 0.15) is 0 Å². The van der Waals surface area contributed by atoms with E-state index in [-0.39, 0.29) is 0 Å². The van der Waals surface area contributed by atoms with Crippen molar-refractivity contribution in [3.63, 3.8) is 0 Å². The van der Waals surface area contributed by atoms with Crippen molar-refractivity contribution in [2.75, 3.05) is 0 Å². The van der Waals surface area contributed by atoms with Gasteiger partial charge >= 0.3 is 0 Å². The van der Waals surface area contributed by atoms with Gasteiger partial charge < -0.3 is 4.57 Å². The van der Waals surface area contributed by atoms with Crippen LogP contribution in [0.25, 0.3) is 21.8 Å². The summed E-state index contributed by atoms with van der Waals surface area (Å²) in [5.41, 5.74) is 3.90. The van der Waals surface area contributed by atoms with Gasteiger partial charge in [0.25, 0.3) is 0 Å². The van der Waals surface area contributed by atoms with Crippen LogP contribution in [-0.4, -0.2) is 4.57 Å². The molecule has 0 aliphatic heterocycles. The van der Waals surface area contributed by atoms with Crippen LogP contribution in [0.4, 0.5) is 0 Å². The molecule has 1 aromatic heterocycles. The van der Waals surface area contributed by atoms with Gasteiger partial charge in [0.2, 0.25) is 0 Å². The summed E-state index contributed by atoms with van der Waals surface area (Å²) in [6.45, 7) is 9.80. The van der Waals surface area contributed by atoms with Gasteiger partial charge in [0, 0.05) is 28.9 Å². The maximum atomic E-state index is 3.80. The second-order valence-electron chi connectivity index (χ2n) is 4.42. The van der Waals surface area contributed by atoms with E-state index in [4.69, 9.17) is 0 Å². The van der Waals surface area contributed by atoms with Crippen molar-refractivity contribution in [1.82, 2.24) is 4.57 Å². The Bertz CT molecular complexity index is 719. The summed E-state index contributed by atoms with van der Waals surface area (Å²) in [4.78, 5) is 0. The van der Waals surface area contributed by atoms with E-state index in [9.17, 15) is 0 Å². The molecule has 1 heteroatoms. The zero-order valence-corrected chi connectivity index (χ0v) is 11.4. The van der Waals surface area contributed by atoms with Crippen LogP contribution in [0.5, 0.6) is 0 Å². The molecule has 0 N–H and O–H groups in total. The normalized spacial score (nSPS) is 10.2. The average Bonchev–Trinajstić information content (AvgIpc) is 2.75. The standard InChI is InChI=1S/C16H15N.C2H4/c1-3-6-12-9-10-16-14(11-12)13-7-4-5-8-15(13)17(16)2;1-2/h3-5,7-11H,1,6H2,2H3;1-2H2. The summed E-state index contributed by atoms with van der Waals surface area (Å²) >= 11 is 0. The van der Waals surface area contributed by atoms with Gasteiger partial charge in [-0.15, -0.1) is 19.7 Å². The number of aryl methyl sites for hydroxylation is 1. The predicted octanol–water partition coefficient (Wildman–Crippen LogP) is 4.86. The molecule has 0 unspecified atom stereocenters. The number of para-hydroxylation sites is 1. The summed E-state index contributed by atoms with van der Waals surface area (Å²) in [7, 11) is 2.12. The van der Waals surface area contributed by atoms with Gasteiger partial charge in [-0.2, -0.15) is 0 Å². The molecule has 1 nitrogen and oxygen atoms in total. The minimum atomic E-state index is 0.930. The van der Waals surface area contributed by atoms with Gasteiger partial charge in [-0.05, 0) is 30.2 Å². The Morgan fingerprint density at radius 3 is 2.42 bits per heavy atom. The summed E-state index contributed by atoms with van der Waals surface area (Å²) in [6, 6.07) is 15.2. The minimum Gasteiger partial charge on any atom is -0.344 e. The average molecular weight is 249 g/mol. The zero-order valence-electron chi connectivity index (χ0n) is 11.4. The lowest BCUT2D eigenvalue weighted by Gasteiger charge is -1.99. The number of fused-ring (bicyclic) bond motifs is 3. The van der Waals surface area contributed by atoms with Crippen molar-refractivity contribution >= 4 is 21.8 Å². The van der Waals surface area contributed by atoms with Gasteiger partial charge in [-0.3, -0.25) is 0 Å². The zero-order chi connectivity index (χ0) is 13.8. The molecule has 19 heavy (non-hydrogen) atoms. The third kappa shape index (κ3) is 2.19. The summed E-state index contributed by atoms with van der Waals surface area (Å²) < 4.78 is 2.25. The highest BCUT2D eigenvalue weighted by Crippen LogP contribution is 2.28. The Labute approximate surface area is 114 Å². The topological polar surface area (TPSA) is 4.93 Å².